The summed E-state index contributed by atoms with van der Waals surface area (Å²) in [6.45, 7) is 6.92. The molecule has 2 atom stereocenters. The molecule has 1 aliphatic carbocycles. The molecule has 0 heterocycles. The summed E-state index contributed by atoms with van der Waals surface area (Å²) in [5.41, 5.74) is 5.97. The van der Waals surface area contributed by atoms with Crippen LogP contribution in [0.15, 0.2) is 60.7 Å². The van der Waals surface area contributed by atoms with Crippen LogP contribution in [0.2, 0.25) is 0 Å². The molecule has 0 saturated heterocycles. The quantitative estimate of drug-likeness (QED) is 0.618. The Hall–Kier alpha value is -1.82. The summed E-state index contributed by atoms with van der Waals surface area (Å²) in [4.78, 5) is 0. The van der Waals surface area contributed by atoms with Crippen LogP contribution in [-0.2, 0) is 5.41 Å². The van der Waals surface area contributed by atoms with Crippen molar-refractivity contribution in [2.24, 2.45) is 0 Å². The van der Waals surface area contributed by atoms with Gasteiger partial charge in [-0.2, -0.15) is 0 Å². The van der Waals surface area contributed by atoms with Crippen molar-refractivity contribution in [2.45, 2.75) is 44.9 Å². The maximum absolute atomic E-state index is 2.44. The van der Waals surface area contributed by atoms with Crippen LogP contribution in [-0.4, -0.2) is 0 Å². The van der Waals surface area contributed by atoms with Gasteiger partial charge in [-0.1, -0.05) is 67.6 Å². The minimum atomic E-state index is 0.187. The standard InChI is InChI=1S/C21H24/c1-16-10-4-6-12-18(16)20-14-8-9-15-21(20,3)19-13-7-5-11-17(19)2/h4-8,10-14,20H,9,15H2,1-3H3. The third-order valence-electron chi connectivity index (χ3n) is 5.13. The van der Waals surface area contributed by atoms with Crippen LogP contribution in [0, 0.1) is 13.8 Å². The highest BCUT2D eigenvalue weighted by Gasteiger charge is 2.37. The van der Waals surface area contributed by atoms with Gasteiger partial charge < -0.3 is 0 Å². The Labute approximate surface area is 128 Å². The highest BCUT2D eigenvalue weighted by Crippen LogP contribution is 2.47. The summed E-state index contributed by atoms with van der Waals surface area (Å²) >= 11 is 0. The second-order valence-corrected chi connectivity index (χ2v) is 6.53. The highest BCUT2D eigenvalue weighted by molar-refractivity contribution is 5.43. The molecule has 0 amide bonds. The molecule has 0 heteroatoms. The van der Waals surface area contributed by atoms with Gasteiger partial charge in [0.05, 0.1) is 0 Å². The fraction of sp³-hybridized carbons (Fsp3) is 0.333. The first-order chi connectivity index (χ1) is 10.1. The van der Waals surface area contributed by atoms with Gasteiger partial charge in [0.25, 0.3) is 0 Å². The first-order valence-corrected chi connectivity index (χ1v) is 7.91. The lowest BCUT2D eigenvalue weighted by Crippen LogP contribution is -2.32. The summed E-state index contributed by atoms with van der Waals surface area (Å²) in [5, 5.41) is 0. The molecule has 0 radical (unpaired) electrons. The van der Waals surface area contributed by atoms with E-state index in [1.807, 2.05) is 0 Å². The third-order valence-corrected chi connectivity index (χ3v) is 5.13. The topological polar surface area (TPSA) is 0 Å². The average molecular weight is 276 g/mol. The Morgan fingerprint density at radius 1 is 0.905 bits per heavy atom. The molecule has 108 valence electrons. The van der Waals surface area contributed by atoms with Gasteiger partial charge in [-0.25, -0.2) is 0 Å². The molecule has 0 N–H and O–H groups in total. The number of hydrogen-bond acceptors (Lipinski definition) is 0. The molecule has 0 aromatic heterocycles. The van der Waals surface area contributed by atoms with Crippen LogP contribution >= 0.6 is 0 Å². The van der Waals surface area contributed by atoms with E-state index in [1.54, 1.807) is 0 Å². The number of benzene rings is 2. The predicted molar refractivity (Wildman–Crippen MR) is 90.8 cm³/mol. The van der Waals surface area contributed by atoms with Gasteiger partial charge in [0, 0.05) is 11.3 Å². The third kappa shape index (κ3) is 2.44. The molecule has 1 aliphatic rings. The minimum Gasteiger partial charge on any atom is -0.0879 e. The molecule has 0 fully saturated rings. The molecule has 0 bridgehead atoms. The normalized spacial score (nSPS) is 25.0. The molecule has 21 heavy (non-hydrogen) atoms. The number of allylic oxidation sites excluding steroid dienone is 2. The number of hydrogen-bond donors (Lipinski definition) is 0. The van der Waals surface area contributed by atoms with Crippen molar-refractivity contribution < 1.29 is 0 Å². The van der Waals surface area contributed by atoms with Crippen LogP contribution in [0.25, 0.3) is 0 Å². The molecule has 0 spiro atoms. The fourth-order valence-electron chi connectivity index (χ4n) is 3.88. The molecule has 2 aromatic carbocycles. The molecule has 0 aliphatic heterocycles. The second kappa shape index (κ2) is 5.52. The SMILES string of the molecule is Cc1ccccc1C1C=CCCC1(C)c1ccccc1C. The molecular formula is C21H24. The smallest absolute Gasteiger partial charge is 0.0115 e. The Balaban J connectivity index is 2.14. The first-order valence-electron chi connectivity index (χ1n) is 7.91. The molecule has 2 aromatic rings. The summed E-state index contributed by atoms with van der Waals surface area (Å²) in [5.74, 6) is 0.466. The zero-order valence-electron chi connectivity index (χ0n) is 13.3. The van der Waals surface area contributed by atoms with Crippen LogP contribution in [0.3, 0.4) is 0 Å². The van der Waals surface area contributed by atoms with E-state index in [0.717, 1.165) is 0 Å². The zero-order valence-corrected chi connectivity index (χ0v) is 13.3. The summed E-state index contributed by atoms with van der Waals surface area (Å²) in [7, 11) is 0. The van der Waals surface area contributed by atoms with Crippen molar-refractivity contribution in [3.05, 3.63) is 82.9 Å². The van der Waals surface area contributed by atoms with E-state index >= 15 is 0 Å². The van der Waals surface area contributed by atoms with Gasteiger partial charge in [0.1, 0.15) is 0 Å². The number of aryl methyl sites for hydroxylation is 2. The number of rotatable bonds is 2. The Morgan fingerprint density at radius 2 is 1.57 bits per heavy atom. The maximum atomic E-state index is 2.44. The fourth-order valence-corrected chi connectivity index (χ4v) is 3.88. The van der Waals surface area contributed by atoms with Gasteiger partial charge in [-0.15, -0.1) is 0 Å². The van der Waals surface area contributed by atoms with E-state index in [2.05, 4.69) is 81.5 Å². The van der Waals surface area contributed by atoms with Crippen molar-refractivity contribution in [3.8, 4) is 0 Å². The van der Waals surface area contributed by atoms with Crippen LogP contribution in [0.4, 0.5) is 0 Å². The van der Waals surface area contributed by atoms with Gasteiger partial charge in [-0.05, 0) is 48.9 Å². The molecule has 0 saturated carbocycles. The lowest BCUT2D eigenvalue weighted by Gasteiger charge is -2.41. The molecule has 2 unspecified atom stereocenters. The average Bonchev–Trinajstić information content (AvgIpc) is 2.49. The van der Waals surface area contributed by atoms with E-state index < -0.39 is 0 Å². The predicted octanol–water partition coefficient (Wildman–Crippen LogP) is 5.69. The largest absolute Gasteiger partial charge is 0.0879 e. The van der Waals surface area contributed by atoms with E-state index in [1.165, 1.54) is 35.1 Å². The second-order valence-electron chi connectivity index (χ2n) is 6.53. The first kappa shape index (κ1) is 14.1. The van der Waals surface area contributed by atoms with E-state index in [9.17, 15) is 0 Å². The molecule has 3 rings (SSSR count). The van der Waals surface area contributed by atoms with E-state index in [-0.39, 0.29) is 5.41 Å². The van der Waals surface area contributed by atoms with Crippen molar-refractivity contribution in [1.29, 1.82) is 0 Å². The van der Waals surface area contributed by atoms with Crippen molar-refractivity contribution in [3.63, 3.8) is 0 Å². The Kier molecular flexibility index (Phi) is 3.71. The Morgan fingerprint density at radius 3 is 2.29 bits per heavy atom. The minimum absolute atomic E-state index is 0.187. The van der Waals surface area contributed by atoms with Crippen LogP contribution < -0.4 is 0 Å². The highest BCUT2D eigenvalue weighted by atomic mass is 14.4. The van der Waals surface area contributed by atoms with Crippen molar-refractivity contribution in [1.82, 2.24) is 0 Å². The summed E-state index contributed by atoms with van der Waals surface area (Å²) in [6.07, 6.45) is 7.18. The summed E-state index contributed by atoms with van der Waals surface area (Å²) in [6, 6.07) is 17.7. The van der Waals surface area contributed by atoms with Crippen molar-refractivity contribution >= 4 is 0 Å². The van der Waals surface area contributed by atoms with Crippen LogP contribution in [0.1, 0.15) is 47.9 Å². The Bertz CT molecular complexity index is 665. The molecule has 0 nitrogen and oxygen atoms in total. The monoisotopic (exact) mass is 276 g/mol. The lowest BCUT2D eigenvalue weighted by molar-refractivity contribution is 0.376. The van der Waals surface area contributed by atoms with Gasteiger partial charge >= 0.3 is 0 Å². The van der Waals surface area contributed by atoms with E-state index in [0.29, 0.717) is 5.92 Å². The van der Waals surface area contributed by atoms with Gasteiger partial charge in [0.15, 0.2) is 0 Å². The summed E-state index contributed by atoms with van der Waals surface area (Å²) < 4.78 is 0. The zero-order chi connectivity index (χ0) is 14.9. The lowest BCUT2D eigenvalue weighted by atomic mass is 9.63. The van der Waals surface area contributed by atoms with Crippen molar-refractivity contribution in [2.75, 3.05) is 0 Å². The van der Waals surface area contributed by atoms with Gasteiger partial charge in [-0.3, -0.25) is 0 Å². The van der Waals surface area contributed by atoms with Crippen LogP contribution in [0.5, 0.6) is 0 Å². The molecular weight excluding hydrogens is 252 g/mol. The van der Waals surface area contributed by atoms with Gasteiger partial charge in [0.2, 0.25) is 0 Å². The van der Waals surface area contributed by atoms with E-state index in [4.69, 9.17) is 0 Å². The maximum Gasteiger partial charge on any atom is 0.0115 e.